The van der Waals surface area contributed by atoms with E-state index in [0.717, 1.165) is 46.1 Å². The highest BCUT2D eigenvalue weighted by molar-refractivity contribution is 9.10. The van der Waals surface area contributed by atoms with Crippen LogP contribution < -0.4 is 10.6 Å². The maximum atomic E-state index is 14.5. The van der Waals surface area contributed by atoms with Crippen LogP contribution in [0.5, 0.6) is 0 Å². The minimum Gasteiger partial charge on any atom is -0.325 e. The number of benzene rings is 3. The van der Waals surface area contributed by atoms with Gasteiger partial charge >= 0.3 is 0 Å². The van der Waals surface area contributed by atoms with Crippen molar-refractivity contribution in [1.82, 2.24) is 4.90 Å². The van der Waals surface area contributed by atoms with Gasteiger partial charge < -0.3 is 10.6 Å². The van der Waals surface area contributed by atoms with Gasteiger partial charge in [0.25, 0.3) is 5.91 Å². The third kappa shape index (κ3) is 2.61. The largest absolute Gasteiger partial charge is 0.325 e. The Bertz CT molecular complexity index is 1500. The van der Waals surface area contributed by atoms with Crippen LogP contribution in [0.25, 0.3) is 0 Å². The van der Waals surface area contributed by atoms with Gasteiger partial charge in [-0.3, -0.25) is 19.3 Å². The van der Waals surface area contributed by atoms with Crippen LogP contribution in [0, 0.1) is 5.92 Å². The lowest BCUT2D eigenvalue weighted by atomic mass is 9.57. The Balaban J connectivity index is 1.59. The van der Waals surface area contributed by atoms with Crippen molar-refractivity contribution in [1.29, 1.82) is 0 Å². The molecule has 0 aliphatic carbocycles. The fourth-order valence-electron chi connectivity index (χ4n) is 7.75. The highest BCUT2D eigenvalue weighted by Crippen LogP contribution is 2.68. The number of anilines is 2. The quantitative estimate of drug-likeness (QED) is 0.444. The molecule has 2 N–H and O–H groups in total. The van der Waals surface area contributed by atoms with Crippen LogP contribution in [0.1, 0.15) is 46.8 Å². The Morgan fingerprint density at radius 2 is 1.73 bits per heavy atom. The molecular formula is C30H26BrN3O3. The van der Waals surface area contributed by atoms with Crippen LogP contribution >= 0.6 is 15.9 Å². The Hall–Kier alpha value is -3.29. The number of halogens is 1. The number of para-hydroxylation sites is 2. The summed E-state index contributed by atoms with van der Waals surface area (Å²) >= 11 is 3.47. The molecule has 2 spiro atoms. The summed E-state index contributed by atoms with van der Waals surface area (Å²) in [6.45, 7) is 2.71. The normalized spacial score (nSPS) is 29.4. The summed E-state index contributed by atoms with van der Waals surface area (Å²) in [7, 11) is 0. The topological polar surface area (TPSA) is 78.5 Å². The zero-order valence-corrected chi connectivity index (χ0v) is 22.0. The number of carbonyl (C=O) groups excluding carboxylic acids is 3. The van der Waals surface area contributed by atoms with E-state index in [1.165, 1.54) is 0 Å². The second-order valence-electron chi connectivity index (χ2n) is 10.4. The van der Waals surface area contributed by atoms with E-state index >= 15 is 0 Å². The molecule has 0 radical (unpaired) electrons. The number of aryl methyl sites for hydroxylation is 1. The van der Waals surface area contributed by atoms with Crippen molar-refractivity contribution in [3.05, 3.63) is 93.5 Å². The lowest BCUT2D eigenvalue weighted by molar-refractivity contribution is -0.137. The van der Waals surface area contributed by atoms with E-state index in [1.54, 1.807) is 12.1 Å². The lowest BCUT2D eigenvalue weighted by Crippen LogP contribution is -2.62. The summed E-state index contributed by atoms with van der Waals surface area (Å²) in [5.41, 5.74) is 1.86. The van der Waals surface area contributed by atoms with Crippen LogP contribution in [0.3, 0.4) is 0 Å². The molecule has 7 rings (SSSR count). The third-order valence-electron chi connectivity index (χ3n) is 9.01. The average Bonchev–Trinajstić information content (AvgIpc) is 3.62. The molecule has 2 fully saturated rings. The summed E-state index contributed by atoms with van der Waals surface area (Å²) in [5.74, 6) is -1.31. The monoisotopic (exact) mass is 555 g/mol. The van der Waals surface area contributed by atoms with E-state index in [4.69, 9.17) is 0 Å². The molecule has 4 aliphatic rings. The highest BCUT2D eigenvalue weighted by atomic mass is 79.9. The number of fused-ring (bicyclic) bond motifs is 7. The fraction of sp³-hybridized carbons (Fsp3) is 0.300. The smallest absolute Gasteiger partial charge is 0.251 e. The lowest BCUT2D eigenvalue weighted by Gasteiger charge is -2.43. The maximum absolute atomic E-state index is 14.5. The molecule has 0 bridgehead atoms. The van der Waals surface area contributed by atoms with Crippen LogP contribution in [0.2, 0.25) is 0 Å². The Kier molecular flexibility index (Phi) is 4.86. The summed E-state index contributed by atoms with van der Waals surface area (Å²) in [4.78, 5) is 45.7. The van der Waals surface area contributed by atoms with E-state index in [1.807, 2.05) is 54.6 Å². The molecule has 186 valence electrons. The van der Waals surface area contributed by atoms with Crippen LogP contribution in [0.4, 0.5) is 11.4 Å². The van der Waals surface area contributed by atoms with E-state index < -0.39 is 16.9 Å². The number of hydrogen-bond donors (Lipinski definition) is 2. The van der Waals surface area contributed by atoms with Crippen molar-refractivity contribution in [2.75, 3.05) is 17.2 Å². The second-order valence-corrected chi connectivity index (χ2v) is 11.3. The standard InChI is InChI=1S/C30H26BrN3O3/c1-2-17-7-5-9-21-25(17)33-28(37)30(21)29(20-8-3-4-10-22(20)32-27(29)36)24(23-11-6-16-34(23)30)26(35)18-12-14-19(31)15-13-18/h3-5,7-10,12-15,23-24H,2,6,11,16H2,1H3,(H,32,36)(H,33,37)/t23-,24-,29+,30+/m1/s1. The minimum atomic E-state index is -1.40. The van der Waals surface area contributed by atoms with Crippen molar-refractivity contribution < 1.29 is 14.4 Å². The number of ketones is 1. The molecule has 0 unspecified atom stereocenters. The van der Waals surface area contributed by atoms with Crippen molar-refractivity contribution >= 4 is 44.9 Å². The summed E-state index contributed by atoms with van der Waals surface area (Å²) < 4.78 is 0.879. The van der Waals surface area contributed by atoms with E-state index in [2.05, 4.69) is 38.4 Å². The van der Waals surface area contributed by atoms with Gasteiger partial charge in [-0.05, 0) is 55.1 Å². The molecule has 4 aliphatic heterocycles. The molecule has 7 heteroatoms. The van der Waals surface area contributed by atoms with Crippen LogP contribution in [-0.2, 0) is 27.0 Å². The zero-order valence-electron chi connectivity index (χ0n) is 20.4. The van der Waals surface area contributed by atoms with Crippen LogP contribution in [-0.4, -0.2) is 35.1 Å². The predicted molar refractivity (Wildman–Crippen MR) is 145 cm³/mol. The number of Topliss-reactive ketones (excluding diaryl/α,β-unsaturated/α-hetero) is 1. The van der Waals surface area contributed by atoms with Gasteiger partial charge in [0, 0.05) is 33.0 Å². The van der Waals surface area contributed by atoms with Gasteiger partial charge in [-0.1, -0.05) is 71.4 Å². The van der Waals surface area contributed by atoms with Crippen molar-refractivity contribution in [2.24, 2.45) is 5.92 Å². The second kappa shape index (κ2) is 7.85. The summed E-state index contributed by atoms with van der Waals surface area (Å²) in [6, 6.07) is 20.6. The van der Waals surface area contributed by atoms with Crippen molar-refractivity contribution in [3.8, 4) is 0 Å². The number of amides is 2. The number of carbonyl (C=O) groups is 3. The molecule has 3 aromatic rings. The molecular weight excluding hydrogens is 530 g/mol. The average molecular weight is 556 g/mol. The van der Waals surface area contributed by atoms with Gasteiger partial charge in [0.05, 0.1) is 5.92 Å². The SMILES string of the molecule is CCc1cccc2c1NC(=O)[C@@]21N2CCC[C@@H]2[C@H](C(=O)c2ccc(Br)cc2)[C@@]12C(=O)Nc1ccccc12. The number of nitrogens with one attached hydrogen (secondary N) is 2. The first kappa shape index (κ1) is 22.9. The summed E-state index contributed by atoms with van der Waals surface area (Å²) in [5, 5.41) is 6.28. The van der Waals surface area contributed by atoms with Gasteiger partial charge in [-0.15, -0.1) is 0 Å². The third-order valence-corrected chi connectivity index (χ3v) is 9.54. The minimum absolute atomic E-state index is 0.0963. The molecule has 2 amide bonds. The van der Waals surface area contributed by atoms with E-state index in [0.29, 0.717) is 17.8 Å². The Morgan fingerprint density at radius 1 is 0.973 bits per heavy atom. The van der Waals surface area contributed by atoms with E-state index in [9.17, 15) is 14.4 Å². The molecule has 2 saturated heterocycles. The van der Waals surface area contributed by atoms with Gasteiger partial charge in [0.1, 0.15) is 11.0 Å². The number of hydrogen-bond acceptors (Lipinski definition) is 4. The molecule has 0 saturated carbocycles. The zero-order chi connectivity index (χ0) is 25.5. The Morgan fingerprint density at radius 3 is 2.51 bits per heavy atom. The van der Waals surface area contributed by atoms with Gasteiger partial charge in [-0.2, -0.15) is 0 Å². The fourth-order valence-corrected chi connectivity index (χ4v) is 8.02. The molecule has 3 aromatic carbocycles. The molecule has 4 heterocycles. The number of nitrogens with zero attached hydrogens (tertiary/aromatic N) is 1. The predicted octanol–water partition coefficient (Wildman–Crippen LogP) is 5.03. The molecule has 37 heavy (non-hydrogen) atoms. The maximum Gasteiger partial charge on any atom is 0.251 e. The molecule has 6 nitrogen and oxygen atoms in total. The van der Waals surface area contributed by atoms with Crippen LogP contribution in [0.15, 0.2) is 71.2 Å². The molecule has 0 aromatic heterocycles. The molecule has 4 atom stereocenters. The van der Waals surface area contributed by atoms with Crippen molar-refractivity contribution in [2.45, 2.75) is 43.2 Å². The van der Waals surface area contributed by atoms with E-state index in [-0.39, 0.29) is 23.6 Å². The van der Waals surface area contributed by atoms with Gasteiger partial charge in [0.2, 0.25) is 5.91 Å². The van der Waals surface area contributed by atoms with Gasteiger partial charge in [0.15, 0.2) is 5.78 Å². The number of rotatable bonds is 3. The first-order chi connectivity index (χ1) is 18.0. The first-order valence-electron chi connectivity index (χ1n) is 12.9. The van der Waals surface area contributed by atoms with Crippen molar-refractivity contribution in [3.63, 3.8) is 0 Å². The summed E-state index contributed by atoms with van der Waals surface area (Å²) in [6.07, 6.45) is 2.37. The first-order valence-corrected chi connectivity index (χ1v) is 13.7. The van der Waals surface area contributed by atoms with Gasteiger partial charge in [-0.25, -0.2) is 0 Å². The highest BCUT2D eigenvalue weighted by Gasteiger charge is 2.81. The Labute approximate surface area is 223 Å².